The topological polar surface area (TPSA) is 65.8 Å². The van der Waals surface area contributed by atoms with E-state index in [-0.39, 0.29) is 11.9 Å². The zero-order valence-corrected chi connectivity index (χ0v) is 17.1. The number of halogens is 1. The van der Waals surface area contributed by atoms with Crippen molar-refractivity contribution in [1.29, 1.82) is 0 Å². The third kappa shape index (κ3) is 4.66. The van der Waals surface area contributed by atoms with Crippen molar-refractivity contribution in [3.8, 4) is 0 Å². The SMILES string of the molecule is O=C(NCc1ccco1)c1ccc(N2CCCN(Cc3ccc(Cl)cc3)C2=O)cc1. The highest BCUT2D eigenvalue weighted by atomic mass is 35.5. The summed E-state index contributed by atoms with van der Waals surface area (Å²) >= 11 is 5.95. The van der Waals surface area contributed by atoms with E-state index in [0.29, 0.717) is 42.5 Å². The summed E-state index contributed by atoms with van der Waals surface area (Å²) in [5.41, 5.74) is 2.36. The summed E-state index contributed by atoms with van der Waals surface area (Å²) < 4.78 is 5.22. The summed E-state index contributed by atoms with van der Waals surface area (Å²) in [4.78, 5) is 28.9. The molecule has 4 rings (SSSR count). The standard InChI is InChI=1S/C23H22ClN3O3/c24-19-8-4-17(5-9-19)16-26-12-2-13-27(23(26)29)20-10-6-18(7-11-20)22(28)25-15-21-3-1-14-30-21/h1,3-11,14H,2,12-13,15-16H2,(H,25,28). The van der Waals surface area contributed by atoms with Gasteiger partial charge in [-0.25, -0.2) is 4.79 Å². The zero-order valence-electron chi connectivity index (χ0n) is 16.4. The number of anilines is 1. The minimum atomic E-state index is -0.188. The maximum Gasteiger partial charge on any atom is 0.324 e. The minimum Gasteiger partial charge on any atom is -0.467 e. The Hall–Kier alpha value is -3.25. The van der Waals surface area contributed by atoms with E-state index in [1.54, 1.807) is 35.4 Å². The molecule has 2 heterocycles. The molecule has 1 aliphatic rings. The second-order valence-electron chi connectivity index (χ2n) is 7.14. The smallest absolute Gasteiger partial charge is 0.324 e. The van der Waals surface area contributed by atoms with E-state index in [0.717, 1.165) is 17.7 Å². The van der Waals surface area contributed by atoms with Crippen LogP contribution in [0.4, 0.5) is 10.5 Å². The van der Waals surface area contributed by atoms with Gasteiger partial charge >= 0.3 is 6.03 Å². The molecule has 0 spiro atoms. The summed E-state index contributed by atoms with van der Waals surface area (Å²) in [6.45, 7) is 2.24. The Morgan fingerprint density at radius 3 is 2.50 bits per heavy atom. The number of rotatable bonds is 6. The van der Waals surface area contributed by atoms with E-state index >= 15 is 0 Å². The maximum absolute atomic E-state index is 13.0. The molecular formula is C23H22ClN3O3. The number of urea groups is 1. The van der Waals surface area contributed by atoms with Crippen molar-refractivity contribution in [3.05, 3.63) is 88.8 Å². The number of amides is 3. The van der Waals surface area contributed by atoms with Crippen LogP contribution < -0.4 is 10.2 Å². The van der Waals surface area contributed by atoms with Crippen LogP contribution in [0.1, 0.15) is 28.1 Å². The van der Waals surface area contributed by atoms with Crippen molar-refractivity contribution in [3.63, 3.8) is 0 Å². The third-order valence-electron chi connectivity index (χ3n) is 5.04. The van der Waals surface area contributed by atoms with Gasteiger partial charge in [0.2, 0.25) is 0 Å². The maximum atomic E-state index is 13.0. The first-order valence-electron chi connectivity index (χ1n) is 9.82. The lowest BCUT2D eigenvalue weighted by atomic mass is 10.1. The molecule has 0 saturated carbocycles. The van der Waals surface area contributed by atoms with Gasteiger partial charge in [-0.15, -0.1) is 0 Å². The third-order valence-corrected chi connectivity index (χ3v) is 5.29. The van der Waals surface area contributed by atoms with Crippen LogP contribution in [0.15, 0.2) is 71.3 Å². The molecule has 0 atom stereocenters. The molecule has 0 aliphatic carbocycles. The second kappa shape index (κ2) is 9.05. The van der Waals surface area contributed by atoms with Gasteiger partial charge in [0, 0.05) is 35.9 Å². The Balaban J connectivity index is 1.39. The lowest BCUT2D eigenvalue weighted by molar-refractivity contribution is 0.0948. The molecule has 3 aromatic rings. The molecule has 7 heteroatoms. The summed E-state index contributed by atoms with van der Waals surface area (Å²) in [6, 6.07) is 18.2. The van der Waals surface area contributed by atoms with Gasteiger partial charge in [0.1, 0.15) is 5.76 Å². The normalized spacial score (nSPS) is 14.1. The minimum absolute atomic E-state index is 0.0359. The number of benzene rings is 2. The van der Waals surface area contributed by atoms with E-state index < -0.39 is 0 Å². The van der Waals surface area contributed by atoms with Crippen LogP contribution in [0.2, 0.25) is 5.02 Å². The molecule has 1 fully saturated rings. The van der Waals surface area contributed by atoms with Gasteiger partial charge in [-0.3, -0.25) is 9.69 Å². The lowest BCUT2D eigenvalue weighted by Gasteiger charge is -2.35. The molecule has 0 bridgehead atoms. The van der Waals surface area contributed by atoms with Gasteiger partial charge in [-0.05, 0) is 60.5 Å². The van der Waals surface area contributed by atoms with Crippen LogP contribution in [0.25, 0.3) is 0 Å². The molecule has 0 unspecified atom stereocenters. The first-order chi connectivity index (χ1) is 14.6. The van der Waals surface area contributed by atoms with Crippen molar-refractivity contribution >= 4 is 29.2 Å². The lowest BCUT2D eigenvalue weighted by Crippen LogP contribution is -2.49. The molecule has 1 N–H and O–H groups in total. The fraction of sp³-hybridized carbons (Fsp3) is 0.217. The summed E-state index contributed by atoms with van der Waals surface area (Å²) in [5.74, 6) is 0.506. The highest BCUT2D eigenvalue weighted by Crippen LogP contribution is 2.22. The van der Waals surface area contributed by atoms with Crippen molar-refractivity contribution in [2.24, 2.45) is 0 Å². The number of nitrogens with one attached hydrogen (secondary N) is 1. The molecular weight excluding hydrogens is 402 g/mol. The number of hydrogen-bond acceptors (Lipinski definition) is 3. The summed E-state index contributed by atoms with van der Waals surface area (Å²) in [7, 11) is 0. The average molecular weight is 424 g/mol. The quantitative estimate of drug-likeness (QED) is 0.625. The molecule has 0 radical (unpaired) electrons. The van der Waals surface area contributed by atoms with Crippen LogP contribution in [0, 0.1) is 0 Å². The molecule has 1 saturated heterocycles. The van der Waals surface area contributed by atoms with Gasteiger partial charge in [-0.1, -0.05) is 23.7 Å². The predicted molar refractivity (Wildman–Crippen MR) is 116 cm³/mol. The van der Waals surface area contributed by atoms with E-state index in [1.807, 2.05) is 41.3 Å². The van der Waals surface area contributed by atoms with Crippen LogP contribution >= 0.6 is 11.6 Å². The summed E-state index contributed by atoms with van der Waals surface area (Å²) in [5, 5.41) is 3.50. The van der Waals surface area contributed by atoms with Crippen molar-refractivity contribution < 1.29 is 14.0 Å². The Bertz CT molecular complexity index is 1000. The van der Waals surface area contributed by atoms with Crippen LogP contribution in [-0.4, -0.2) is 29.9 Å². The van der Waals surface area contributed by atoms with Gasteiger partial charge < -0.3 is 14.6 Å². The number of carbonyl (C=O) groups excluding carboxylic acids is 2. The Labute approximate surface area is 180 Å². The van der Waals surface area contributed by atoms with Gasteiger partial charge in [-0.2, -0.15) is 0 Å². The van der Waals surface area contributed by atoms with Crippen LogP contribution in [0.3, 0.4) is 0 Å². The van der Waals surface area contributed by atoms with Gasteiger partial charge in [0.05, 0.1) is 12.8 Å². The molecule has 2 aromatic carbocycles. The molecule has 6 nitrogen and oxygen atoms in total. The Morgan fingerprint density at radius 1 is 1.03 bits per heavy atom. The average Bonchev–Trinajstić information content (AvgIpc) is 3.29. The van der Waals surface area contributed by atoms with Crippen LogP contribution in [-0.2, 0) is 13.1 Å². The van der Waals surface area contributed by atoms with Crippen molar-refractivity contribution in [1.82, 2.24) is 10.2 Å². The Kier molecular flexibility index (Phi) is 6.05. The van der Waals surface area contributed by atoms with E-state index in [2.05, 4.69) is 5.32 Å². The number of hydrogen-bond donors (Lipinski definition) is 1. The predicted octanol–water partition coefficient (Wildman–Crippen LogP) is 4.70. The first kappa shape index (κ1) is 20.0. The van der Waals surface area contributed by atoms with E-state index in [1.165, 1.54) is 0 Å². The molecule has 1 aliphatic heterocycles. The molecule has 154 valence electrons. The van der Waals surface area contributed by atoms with Gasteiger partial charge in [0.25, 0.3) is 5.91 Å². The molecule has 3 amide bonds. The highest BCUT2D eigenvalue weighted by molar-refractivity contribution is 6.30. The van der Waals surface area contributed by atoms with Crippen LogP contribution in [0.5, 0.6) is 0 Å². The van der Waals surface area contributed by atoms with Gasteiger partial charge in [0.15, 0.2) is 0 Å². The van der Waals surface area contributed by atoms with E-state index in [4.69, 9.17) is 16.0 Å². The first-order valence-corrected chi connectivity index (χ1v) is 10.2. The fourth-order valence-electron chi connectivity index (χ4n) is 3.45. The van der Waals surface area contributed by atoms with E-state index in [9.17, 15) is 9.59 Å². The van der Waals surface area contributed by atoms with Crippen molar-refractivity contribution in [2.75, 3.05) is 18.0 Å². The summed E-state index contributed by atoms with van der Waals surface area (Å²) in [6.07, 6.45) is 2.45. The fourth-order valence-corrected chi connectivity index (χ4v) is 3.58. The molecule has 1 aromatic heterocycles. The number of furan rings is 1. The number of nitrogens with zero attached hydrogens (tertiary/aromatic N) is 2. The second-order valence-corrected chi connectivity index (χ2v) is 7.58. The largest absolute Gasteiger partial charge is 0.467 e. The Morgan fingerprint density at radius 2 is 1.80 bits per heavy atom. The number of carbonyl (C=O) groups is 2. The van der Waals surface area contributed by atoms with Crippen molar-refractivity contribution in [2.45, 2.75) is 19.5 Å². The monoisotopic (exact) mass is 423 g/mol. The highest BCUT2D eigenvalue weighted by Gasteiger charge is 2.26. The zero-order chi connectivity index (χ0) is 20.9. The molecule has 30 heavy (non-hydrogen) atoms.